The van der Waals surface area contributed by atoms with Gasteiger partial charge in [0.15, 0.2) is 33.8 Å². The summed E-state index contributed by atoms with van der Waals surface area (Å²) in [7, 11) is 1.58. The lowest BCUT2D eigenvalue weighted by atomic mass is 9.86. The zero-order valence-corrected chi connectivity index (χ0v) is 68.4. The predicted octanol–water partition coefficient (Wildman–Crippen LogP) is 17.0. The first-order valence-electron chi connectivity index (χ1n) is 37.9. The fraction of sp³-hybridized carbons (Fsp3) is 0.247. The summed E-state index contributed by atoms with van der Waals surface area (Å²) >= 11 is 25.4. The molecular formula is C89H75Cl4F2N11O11S. The van der Waals surface area contributed by atoms with E-state index in [0.717, 1.165) is 43.9 Å². The van der Waals surface area contributed by atoms with Crippen LogP contribution in [0, 0.1) is 53.2 Å². The maximum absolute atomic E-state index is 13.9. The summed E-state index contributed by atoms with van der Waals surface area (Å²) in [5.74, 6) is -0.471. The van der Waals surface area contributed by atoms with Crippen molar-refractivity contribution in [3.8, 4) is 5.75 Å². The quantitative estimate of drug-likeness (QED) is 0.103. The Labute approximate surface area is 700 Å². The van der Waals surface area contributed by atoms with E-state index in [9.17, 15) is 58.3 Å². The molecule has 600 valence electrons. The summed E-state index contributed by atoms with van der Waals surface area (Å²) in [5.41, 5.74) is 3.33. The number of carbonyl (C=O) groups is 5. The Hall–Kier alpha value is -11.1. The van der Waals surface area contributed by atoms with Gasteiger partial charge in [-0.15, -0.1) is 11.3 Å². The Morgan fingerprint density at radius 3 is 1.20 bits per heavy atom. The largest absolute Gasteiger partial charge is 0.497 e. The molecule has 0 spiro atoms. The van der Waals surface area contributed by atoms with E-state index in [2.05, 4.69) is 29.9 Å². The van der Waals surface area contributed by atoms with Crippen LogP contribution < -0.4 is 29.2 Å². The zero-order chi connectivity index (χ0) is 83.6. The number of thiazole rings is 1. The molecule has 10 aromatic rings. The molecule has 5 saturated heterocycles. The Morgan fingerprint density at radius 2 is 0.737 bits per heavy atom. The molecule has 10 aliphatic heterocycles. The van der Waals surface area contributed by atoms with Crippen molar-refractivity contribution in [2.45, 2.75) is 102 Å². The molecule has 5 fully saturated rings. The highest BCUT2D eigenvalue weighted by Gasteiger charge is 2.58. The van der Waals surface area contributed by atoms with E-state index in [1.54, 1.807) is 69.6 Å². The summed E-state index contributed by atoms with van der Waals surface area (Å²) in [6, 6.07) is 49.4. The fourth-order valence-electron chi connectivity index (χ4n) is 16.1. The van der Waals surface area contributed by atoms with E-state index in [-0.39, 0.29) is 52.2 Å². The van der Waals surface area contributed by atoms with E-state index in [0.29, 0.717) is 152 Å². The van der Waals surface area contributed by atoms with Crippen LogP contribution in [0.3, 0.4) is 0 Å². The summed E-state index contributed by atoms with van der Waals surface area (Å²) < 4.78 is 32.9. The van der Waals surface area contributed by atoms with Crippen LogP contribution in [0.1, 0.15) is 117 Å². The van der Waals surface area contributed by atoms with Crippen LogP contribution in [0.4, 0.5) is 65.0 Å². The van der Waals surface area contributed by atoms with Crippen LogP contribution in [0.5, 0.6) is 5.75 Å². The Balaban J connectivity index is 0.000000110. The van der Waals surface area contributed by atoms with Gasteiger partial charge in [-0.2, -0.15) is 0 Å². The number of nitrogens with zero attached hydrogens (tertiary/aromatic N) is 11. The molecule has 22 nitrogen and oxygen atoms in total. The van der Waals surface area contributed by atoms with Crippen molar-refractivity contribution in [2.24, 2.45) is 25.0 Å². The lowest BCUT2D eigenvalue weighted by Gasteiger charge is -2.30. The third-order valence-corrected chi connectivity index (χ3v) is 24.9. The number of hydrogen-bond donors (Lipinski definition) is 5. The molecule has 0 aliphatic carbocycles. The van der Waals surface area contributed by atoms with Crippen molar-refractivity contribution < 1.29 is 63.0 Å². The third kappa shape index (κ3) is 14.0. The smallest absolute Gasteiger partial charge is 0.204 e. The van der Waals surface area contributed by atoms with Crippen LogP contribution >= 0.6 is 57.7 Å². The Morgan fingerprint density at radius 1 is 0.373 bits per heavy atom. The maximum Gasteiger partial charge on any atom is 0.204 e. The van der Waals surface area contributed by atoms with Crippen molar-refractivity contribution in [3.63, 3.8) is 0 Å². The number of ether oxygens (including phenoxy) is 1. The first kappa shape index (κ1) is 80.7. The van der Waals surface area contributed by atoms with E-state index < -0.39 is 51.2 Å². The number of hydrogen-bond acceptors (Lipinski definition) is 23. The molecule has 118 heavy (non-hydrogen) atoms. The number of anilines is 5. The van der Waals surface area contributed by atoms with Gasteiger partial charge in [0, 0.05) is 132 Å². The van der Waals surface area contributed by atoms with Gasteiger partial charge in [-0.1, -0.05) is 88.4 Å². The number of rotatable bonds is 6. The summed E-state index contributed by atoms with van der Waals surface area (Å²) in [4.78, 5) is 100. The van der Waals surface area contributed by atoms with Gasteiger partial charge in [0.25, 0.3) is 0 Å². The molecule has 29 heteroatoms. The molecule has 1 aromatic heterocycles. The fourth-order valence-corrected chi connectivity index (χ4v) is 17.5. The number of Topliss-reactive ketones (excluding diaryl/α,β-unsaturated/α-hetero) is 5. The van der Waals surface area contributed by atoms with Gasteiger partial charge >= 0.3 is 0 Å². The van der Waals surface area contributed by atoms with Gasteiger partial charge in [0.05, 0.1) is 56.8 Å². The second-order valence-corrected chi connectivity index (χ2v) is 33.2. The van der Waals surface area contributed by atoms with Crippen molar-refractivity contribution in [2.75, 3.05) is 64.3 Å². The van der Waals surface area contributed by atoms with Crippen LogP contribution in [0.25, 0.3) is 0 Å². The highest BCUT2D eigenvalue weighted by Crippen LogP contribution is 2.48. The maximum atomic E-state index is 13.9. The number of aliphatic imine (C=N–C) groups is 5. The van der Waals surface area contributed by atoms with Gasteiger partial charge in [0.2, 0.25) is 28.9 Å². The molecule has 0 bridgehead atoms. The number of para-hydroxylation sites is 1. The highest BCUT2D eigenvalue weighted by atomic mass is 35.5. The molecule has 5 atom stereocenters. The standard InChI is InChI=1S/C20H20N2O2.C19H17FN2O3.2C17H12Cl2N2O2.C16H14FN3O2S/c1-12-4-6-15(7-5-12)22-9-8-20(24)18(23)16-10-13(2)14(3)11-17(16)21-19(20)22;1-11-8-16-14(10-15(11)20)17(23)19(24)6-7-22(18(19)21-16)12-4-3-5-13(9-12)25-2;18-10-1-4-12(5-2-10)21-8-7-17(23)15(22)13-9-11(19)3-6-14(13)20-16(17)21;18-12-8-11-14(9-13(12)19)20-16-17(23,15(11)22)6-7-21(16)10-4-2-1-3-5-10;1-8-5-12-10(6-11(8)17)14(21)16(22)3-4-20(15(16)19-12)13-7-18-9(2)23-13/h4-7,10-11,24H,8-9H2,1-3H3;3-5,8-10,24H,6-7H2,1-2H3;1-6,9,23H,7-8H2;1-5,8-9,23H,6-7H2;5-7,22H,3-4H2,1-2H3/t20-;19-;2*17-;16-/m11111/s1. The molecule has 20 rings (SSSR count). The Kier molecular flexibility index (Phi) is 21.0. The number of amidine groups is 5. The van der Waals surface area contributed by atoms with E-state index >= 15 is 0 Å². The molecule has 5 N–H and O–H groups in total. The van der Waals surface area contributed by atoms with Crippen molar-refractivity contribution in [3.05, 3.63) is 268 Å². The minimum Gasteiger partial charge on any atom is -0.497 e. The number of carbonyl (C=O) groups excluding carboxylic acids is 5. The summed E-state index contributed by atoms with van der Waals surface area (Å²) in [5, 5.41) is 58.1. The van der Waals surface area contributed by atoms with Gasteiger partial charge in [0.1, 0.15) is 45.7 Å². The zero-order valence-electron chi connectivity index (χ0n) is 64.6. The minimum absolute atomic E-state index is 0.127. The number of halogens is 6. The molecule has 9 aromatic carbocycles. The molecule has 0 saturated carbocycles. The number of methoxy groups -OCH3 is 1. The number of fused-ring (bicyclic) bond motifs is 10. The first-order valence-corrected chi connectivity index (χ1v) is 40.2. The number of aliphatic hydroxyl groups is 5. The number of benzene rings is 9. The Bertz CT molecular complexity index is 6090. The average molecular weight is 1690 g/mol. The van der Waals surface area contributed by atoms with Crippen molar-refractivity contribution >= 4 is 172 Å². The predicted molar refractivity (Wildman–Crippen MR) is 457 cm³/mol. The van der Waals surface area contributed by atoms with Crippen LogP contribution in [0.15, 0.2) is 201 Å². The second kappa shape index (κ2) is 30.7. The van der Waals surface area contributed by atoms with E-state index in [1.165, 1.54) is 41.2 Å². The molecule has 0 unspecified atom stereocenters. The van der Waals surface area contributed by atoms with Crippen molar-refractivity contribution in [1.82, 2.24) is 4.98 Å². The third-order valence-electron chi connectivity index (χ3n) is 22.8. The number of aryl methyl sites for hydroxylation is 6. The topological polar surface area (TPSA) is 287 Å². The highest BCUT2D eigenvalue weighted by molar-refractivity contribution is 7.15. The molecular weight excluding hydrogens is 1610 g/mol. The van der Waals surface area contributed by atoms with Crippen LogP contribution in [-0.4, -0.2) is 156 Å². The SMILES string of the molecule is COc1cccc(N2CC[C@@]3(O)C(=O)c4cc(F)c(C)cc4N=C23)c1.Cc1ccc(N2CC[C@@]3(O)C(=O)c4cc(C)c(C)cc4N=C23)cc1.Cc1ncc(N2CC[C@@]3(O)C(=O)c4cc(F)c(C)cc4N=C23)s1.O=C1c2cc(Cl)c(Cl)cc2N=C2N(c3ccccc3)CC[C@@]12O.O=C1c2cc(Cl)ccc2N=C2N(c3ccc(Cl)cc3)CC[C@@]12O. The lowest BCUT2D eigenvalue weighted by Crippen LogP contribution is -2.48. The molecule has 11 heterocycles. The normalized spacial score (nSPS) is 22.4. The van der Waals surface area contributed by atoms with E-state index in [4.69, 9.17) is 51.1 Å². The second-order valence-electron chi connectivity index (χ2n) is 30.3. The number of ketones is 5. The summed E-state index contributed by atoms with van der Waals surface area (Å²) in [6.07, 6.45) is 3.10. The van der Waals surface area contributed by atoms with Crippen LogP contribution in [0.2, 0.25) is 20.1 Å². The average Bonchev–Trinajstić information content (AvgIpc) is 1.54. The van der Waals surface area contributed by atoms with Gasteiger partial charge < -0.3 is 54.8 Å². The molecule has 10 aliphatic rings. The molecule has 0 amide bonds. The molecule has 0 radical (unpaired) electrons. The number of aromatic nitrogens is 1. The van der Waals surface area contributed by atoms with Crippen LogP contribution in [-0.2, 0) is 0 Å². The van der Waals surface area contributed by atoms with Gasteiger partial charge in [-0.25, -0.2) is 38.7 Å². The monoisotopic (exact) mass is 1680 g/mol. The summed E-state index contributed by atoms with van der Waals surface area (Å²) in [6.45, 7) is 13.7. The van der Waals surface area contributed by atoms with E-state index in [1.807, 2.05) is 155 Å². The first-order chi connectivity index (χ1) is 56.2. The van der Waals surface area contributed by atoms with Crippen molar-refractivity contribution in [1.29, 1.82) is 0 Å². The minimum atomic E-state index is -1.72. The van der Waals surface area contributed by atoms with Gasteiger partial charge in [-0.3, -0.25) is 24.0 Å². The van der Waals surface area contributed by atoms with Gasteiger partial charge in [-0.05, 0) is 191 Å². The lowest BCUT2D eigenvalue weighted by molar-refractivity contribution is 0.0599.